The minimum Gasteiger partial charge on any atom is -0.481 e. The lowest BCUT2D eigenvalue weighted by Gasteiger charge is -2.12. The molecule has 108 valence electrons. The van der Waals surface area contributed by atoms with Crippen LogP contribution >= 0.6 is 11.3 Å². The topological polar surface area (TPSA) is 129 Å². The van der Waals surface area contributed by atoms with Gasteiger partial charge in [-0.3, -0.25) is 10.1 Å². The molecule has 2 amide bonds. The van der Waals surface area contributed by atoms with E-state index in [4.69, 9.17) is 10.2 Å². The van der Waals surface area contributed by atoms with E-state index < -0.39 is 30.4 Å². The molecule has 0 radical (unpaired) electrons. The number of carbonyl (C=O) groups is 3. The van der Waals surface area contributed by atoms with Crippen molar-refractivity contribution >= 4 is 34.4 Å². The van der Waals surface area contributed by atoms with Crippen LogP contribution in [0.3, 0.4) is 0 Å². The second kappa shape index (κ2) is 5.87. The number of urea groups is 1. The van der Waals surface area contributed by atoms with E-state index in [1.165, 1.54) is 11.3 Å². The van der Waals surface area contributed by atoms with Gasteiger partial charge in [0.1, 0.15) is 6.04 Å². The molecule has 1 atom stereocenters. The van der Waals surface area contributed by atoms with Gasteiger partial charge in [-0.05, 0) is 19.3 Å². The van der Waals surface area contributed by atoms with Crippen molar-refractivity contribution in [1.29, 1.82) is 0 Å². The number of nitrogens with zero attached hydrogens (tertiary/aromatic N) is 1. The number of thiazole rings is 1. The first-order valence-electron chi connectivity index (χ1n) is 5.96. The number of rotatable bonds is 5. The average Bonchev–Trinajstić information content (AvgIpc) is 2.87. The van der Waals surface area contributed by atoms with E-state index in [-0.39, 0.29) is 0 Å². The SMILES string of the molecule is O=C(O)CC(NC(=O)Nc1nc2c(s1)CCC2)C(=O)O. The molecule has 0 saturated heterocycles. The third-order valence-electron chi connectivity index (χ3n) is 2.80. The number of fused-ring (bicyclic) bond motifs is 1. The van der Waals surface area contributed by atoms with Gasteiger partial charge in [-0.25, -0.2) is 14.6 Å². The highest BCUT2D eigenvalue weighted by molar-refractivity contribution is 7.15. The van der Waals surface area contributed by atoms with Gasteiger partial charge in [0, 0.05) is 4.88 Å². The molecule has 1 unspecified atom stereocenters. The maximum Gasteiger partial charge on any atom is 0.326 e. The lowest BCUT2D eigenvalue weighted by Crippen LogP contribution is -2.44. The zero-order chi connectivity index (χ0) is 14.7. The Bertz CT molecular complexity index is 535. The van der Waals surface area contributed by atoms with Gasteiger partial charge < -0.3 is 15.5 Å². The Morgan fingerprint density at radius 2 is 2.05 bits per heavy atom. The normalized spacial score (nSPS) is 14.4. The number of hydrogen-bond acceptors (Lipinski definition) is 5. The zero-order valence-corrected chi connectivity index (χ0v) is 11.2. The fraction of sp³-hybridized carbons (Fsp3) is 0.455. The van der Waals surface area contributed by atoms with Crippen LogP contribution in [0.25, 0.3) is 0 Å². The van der Waals surface area contributed by atoms with Gasteiger partial charge in [-0.15, -0.1) is 11.3 Å². The van der Waals surface area contributed by atoms with Crippen LogP contribution in [0.15, 0.2) is 0 Å². The standard InChI is InChI=1S/C11H13N3O5S/c15-8(16)4-6(9(17)18)12-10(19)14-11-13-5-2-1-3-7(5)20-11/h6H,1-4H2,(H,15,16)(H,17,18)(H2,12,13,14,19). The van der Waals surface area contributed by atoms with E-state index in [0.29, 0.717) is 5.13 Å². The van der Waals surface area contributed by atoms with Crippen LogP contribution in [-0.4, -0.2) is 39.2 Å². The third-order valence-corrected chi connectivity index (χ3v) is 3.87. The van der Waals surface area contributed by atoms with Crippen molar-refractivity contribution in [2.45, 2.75) is 31.7 Å². The fourth-order valence-electron chi connectivity index (χ4n) is 1.91. The van der Waals surface area contributed by atoms with Gasteiger partial charge in [0.05, 0.1) is 12.1 Å². The molecule has 1 aromatic heterocycles. The Hall–Kier alpha value is -2.16. The van der Waals surface area contributed by atoms with E-state index in [0.717, 1.165) is 29.8 Å². The molecule has 0 bridgehead atoms. The molecule has 4 N–H and O–H groups in total. The number of nitrogens with one attached hydrogen (secondary N) is 2. The number of carbonyl (C=O) groups excluding carboxylic acids is 1. The van der Waals surface area contributed by atoms with Gasteiger partial charge >= 0.3 is 18.0 Å². The first-order valence-corrected chi connectivity index (χ1v) is 6.78. The molecule has 2 rings (SSSR count). The van der Waals surface area contributed by atoms with Crippen molar-refractivity contribution in [3.63, 3.8) is 0 Å². The maximum atomic E-state index is 11.6. The van der Waals surface area contributed by atoms with Gasteiger partial charge in [0.2, 0.25) is 0 Å². The first-order chi connectivity index (χ1) is 9.45. The maximum absolute atomic E-state index is 11.6. The van der Waals surface area contributed by atoms with Crippen molar-refractivity contribution in [3.05, 3.63) is 10.6 Å². The summed E-state index contributed by atoms with van der Waals surface area (Å²) in [6, 6.07) is -2.25. The lowest BCUT2D eigenvalue weighted by molar-refractivity contribution is -0.145. The van der Waals surface area contributed by atoms with Crippen LogP contribution in [0.5, 0.6) is 0 Å². The number of carboxylic acid groups (broad SMARTS) is 2. The molecule has 0 fully saturated rings. The second-order valence-corrected chi connectivity index (χ2v) is 5.41. The summed E-state index contributed by atoms with van der Waals surface area (Å²) in [4.78, 5) is 38.3. The molecule has 1 aliphatic carbocycles. The summed E-state index contributed by atoms with van der Waals surface area (Å²) in [5, 5.41) is 22.3. The minimum absolute atomic E-state index is 0.395. The van der Waals surface area contributed by atoms with Crippen LogP contribution in [0, 0.1) is 0 Å². The van der Waals surface area contributed by atoms with Crippen LogP contribution in [-0.2, 0) is 22.4 Å². The average molecular weight is 299 g/mol. The highest BCUT2D eigenvalue weighted by Crippen LogP contribution is 2.30. The van der Waals surface area contributed by atoms with E-state index in [9.17, 15) is 14.4 Å². The Labute approximate surface area is 117 Å². The predicted molar refractivity (Wildman–Crippen MR) is 70.0 cm³/mol. The molecule has 8 nitrogen and oxygen atoms in total. The first kappa shape index (κ1) is 14.3. The van der Waals surface area contributed by atoms with Crippen LogP contribution in [0.2, 0.25) is 0 Å². The molecule has 0 aromatic carbocycles. The summed E-state index contributed by atoms with van der Waals surface area (Å²) >= 11 is 1.35. The van der Waals surface area contributed by atoms with E-state index in [1.54, 1.807) is 0 Å². The zero-order valence-electron chi connectivity index (χ0n) is 10.4. The summed E-state index contributed by atoms with van der Waals surface area (Å²) in [5.74, 6) is -2.70. The molecule has 9 heteroatoms. The van der Waals surface area contributed by atoms with Gasteiger partial charge in [0.15, 0.2) is 5.13 Å². The van der Waals surface area contributed by atoms with E-state index in [2.05, 4.69) is 15.6 Å². The van der Waals surface area contributed by atoms with Crippen molar-refractivity contribution in [2.75, 3.05) is 5.32 Å². The summed E-state index contributed by atoms with van der Waals surface area (Å²) in [5.41, 5.74) is 0.964. The Morgan fingerprint density at radius 1 is 1.30 bits per heavy atom. The van der Waals surface area contributed by atoms with Gasteiger partial charge in [-0.1, -0.05) is 0 Å². The van der Waals surface area contributed by atoms with Crippen LogP contribution < -0.4 is 10.6 Å². The largest absolute Gasteiger partial charge is 0.481 e. The minimum atomic E-state index is -1.47. The van der Waals surface area contributed by atoms with E-state index in [1.807, 2.05) is 0 Å². The van der Waals surface area contributed by atoms with Gasteiger partial charge in [0.25, 0.3) is 0 Å². The van der Waals surface area contributed by atoms with Crippen molar-refractivity contribution in [3.8, 4) is 0 Å². The molecule has 0 aliphatic heterocycles. The number of carboxylic acids is 2. The summed E-state index contributed by atoms with van der Waals surface area (Å²) in [6.07, 6.45) is 2.19. The van der Waals surface area contributed by atoms with Crippen molar-refractivity contribution < 1.29 is 24.6 Å². The molecule has 0 spiro atoms. The molecule has 1 heterocycles. The molecule has 1 aromatic rings. The molecule has 0 saturated carbocycles. The number of hydrogen-bond donors (Lipinski definition) is 4. The number of amides is 2. The van der Waals surface area contributed by atoms with Crippen LogP contribution in [0.1, 0.15) is 23.4 Å². The highest BCUT2D eigenvalue weighted by atomic mass is 32.1. The monoisotopic (exact) mass is 299 g/mol. The van der Waals surface area contributed by atoms with Crippen molar-refractivity contribution in [1.82, 2.24) is 10.3 Å². The lowest BCUT2D eigenvalue weighted by atomic mass is 10.2. The Kier molecular flexibility index (Phi) is 4.18. The number of anilines is 1. The van der Waals surface area contributed by atoms with Gasteiger partial charge in [-0.2, -0.15) is 0 Å². The Morgan fingerprint density at radius 3 is 2.65 bits per heavy atom. The Balaban J connectivity index is 1.93. The molecule has 1 aliphatic rings. The van der Waals surface area contributed by atoms with Crippen LogP contribution in [0.4, 0.5) is 9.93 Å². The number of aromatic nitrogens is 1. The van der Waals surface area contributed by atoms with E-state index >= 15 is 0 Å². The number of aliphatic carboxylic acids is 2. The molecular weight excluding hydrogens is 286 g/mol. The number of aryl methyl sites for hydroxylation is 2. The second-order valence-electron chi connectivity index (χ2n) is 4.33. The summed E-state index contributed by atoms with van der Waals surface area (Å²) in [6.45, 7) is 0. The smallest absolute Gasteiger partial charge is 0.326 e. The molecular formula is C11H13N3O5S. The summed E-state index contributed by atoms with van der Waals surface area (Å²) < 4.78 is 0. The third kappa shape index (κ3) is 3.44. The summed E-state index contributed by atoms with van der Waals surface area (Å²) in [7, 11) is 0. The molecule has 20 heavy (non-hydrogen) atoms. The van der Waals surface area contributed by atoms with Crippen molar-refractivity contribution in [2.24, 2.45) is 0 Å². The highest BCUT2D eigenvalue weighted by Gasteiger charge is 2.24. The predicted octanol–water partition coefficient (Wildman–Crippen LogP) is 0.681. The fourth-order valence-corrected chi connectivity index (χ4v) is 2.95. The quantitative estimate of drug-likeness (QED) is 0.633.